The summed E-state index contributed by atoms with van der Waals surface area (Å²) in [4.78, 5) is 1.95. The van der Waals surface area contributed by atoms with Crippen molar-refractivity contribution >= 4 is 10.0 Å². The molecule has 1 N–H and O–H groups in total. The zero-order valence-electron chi connectivity index (χ0n) is 14.1. The van der Waals surface area contributed by atoms with E-state index in [1.807, 2.05) is 55.4 Å². The number of rotatable bonds is 8. The van der Waals surface area contributed by atoms with Crippen LogP contribution in [0.1, 0.15) is 11.1 Å². The highest BCUT2D eigenvalue weighted by atomic mass is 32.2. The van der Waals surface area contributed by atoms with Crippen LogP contribution in [-0.4, -0.2) is 49.9 Å². The van der Waals surface area contributed by atoms with E-state index in [2.05, 4.69) is 0 Å². The average molecular weight is 348 g/mol. The fourth-order valence-corrected chi connectivity index (χ4v) is 3.86. The Morgan fingerprint density at radius 2 is 1.58 bits per heavy atom. The van der Waals surface area contributed by atoms with Gasteiger partial charge in [-0.25, -0.2) is 8.42 Å². The van der Waals surface area contributed by atoms with E-state index in [0.29, 0.717) is 13.1 Å². The highest BCUT2D eigenvalue weighted by Crippen LogP contribution is 2.17. The molecule has 24 heavy (non-hydrogen) atoms. The summed E-state index contributed by atoms with van der Waals surface area (Å²) >= 11 is 0. The van der Waals surface area contributed by atoms with Gasteiger partial charge in [0.1, 0.15) is 5.75 Å². The van der Waals surface area contributed by atoms with Gasteiger partial charge in [0, 0.05) is 19.6 Å². The number of likely N-dealkylation sites (N-methyl/N-ethyl adjacent to an activating group) is 1. The minimum absolute atomic E-state index is 0.0277. The quantitative estimate of drug-likeness (QED) is 0.795. The maximum atomic E-state index is 12.8. The predicted molar refractivity (Wildman–Crippen MR) is 96.1 cm³/mol. The van der Waals surface area contributed by atoms with Crippen LogP contribution in [0.2, 0.25) is 0 Å². The molecule has 0 saturated carbocycles. The number of nitrogens with zero attached hydrogens (tertiary/aromatic N) is 2. The molecule has 2 aromatic rings. The van der Waals surface area contributed by atoms with E-state index in [4.69, 9.17) is 0 Å². The molecule has 2 aromatic carbocycles. The van der Waals surface area contributed by atoms with Crippen LogP contribution in [0.15, 0.2) is 54.6 Å². The summed E-state index contributed by atoms with van der Waals surface area (Å²) in [6, 6.07) is 15.9. The fraction of sp³-hybridized carbons (Fsp3) is 0.333. The number of phenols is 1. The van der Waals surface area contributed by atoms with Gasteiger partial charge in [-0.3, -0.25) is 0 Å². The van der Waals surface area contributed by atoms with Crippen molar-refractivity contribution in [3.8, 4) is 5.75 Å². The molecule has 0 spiro atoms. The first-order chi connectivity index (χ1) is 11.4. The maximum Gasteiger partial charge on any atom is 0.218 e. The average Bonchev–Trinajstić information content (AvgIpc) is 2.51. The minimum atomic E-state index is -3.46. The second kappa shape index (κ2) is 8.28. The van der Waals surface area contributed by atoms with Crippen LogP contribution in [0.4, 0.5) is 0 Å². The number of phenolic OH excluding ortho intramolecular Hbond substituents is 1. The van der Waals surface area contributed by atoms with Crippen molar-refractivity contribution < 1.29 is 13.5 Å². The fourth-order valence-electron chi connectivity index (χ4n) is 2.36. The van der Waals surface area contributed by atoms with E-state index in [9.17, 15) is 13.5 Å². The topological polar surface area (TPSA) is 60.9 Å². The first-order valence-corrected chi connectivity index (χ1v) is 9.42. The molecule has 0 aliphatic rings. The first kappa shape index (κ1) is 18.4. The van der Waals surface area contributed by atoms with Crippen LogP contribution < -0.4 is 0 Å². The van der Waals surface area contributed by atoms with E-state index in [1.165, 1.54) is 4.31 Å². The van der Waals surface area contributed by atoms with Crippen molar-refractivity contribution in [2.24, 2.45) is 0 Å². The molecule has 2 rings (SSSR count). The van der Waals surface area contributed by atoms with Gasteiger partial charge in [0.2, 0.25) is 10.0 Å². The molecule has 0 bridgehead atoms. The number of aromatic hydroxyl groups is 1. The number of hydrogen-bond donors (Lipinski definition) is 1. The van der Waals surface area contributed by atoms with Gasteiger partial charge in [0.15, 0.2) is 0 Å². The third-order valence-corrected chi connectivity index (χ3v) is 5.45. The minimum Gasteiger partial charge on any atom is -0.508 e. The monoisotopic (exact) mass is 348 g/mol. The molecule has 6 heteroatoms. The lowest BCUT2D eigenvalue weighted by atomic mass is 10.2. The lowest BCUT2D eigenvalue weighted by molar-refractivity contribution is 0.328. The number of benzene rings is 2. The smallest absolute Gasteiger partial charge is 0.218 e. The van der Waals surface area contributed by atoms with Gasteiger partial charge in [-0.1, -0.05) is 42.5 Å². The van der Waals surface area contributed by atoms with E-state index < -0.39 is 10.0 Å². The second-order valence-corrected chi connectivity index (χ2v) is 8.02. The highest BCUT2D eigenvalue weighted by Gasteiger charge is 2.23. The molecule has 0 amide bonds. The third-order valence-electron chi connectivity index (χ3n) is 3.65. The maximum absolute atomic E-state index is 12.8. The molecule has 130 valence electrons. The van der Waals surface area contributed by atoms with Crippen molar-refractivity contribution in [3.63, 3.8) is 0 Å². The van der Waals surface area contributed by atoms with Gasteiger partial charge in [-0.15, -0.1) is 0 Å². The zero-order chi connectivity index (χ0) is 17.6. The van der Waals surface area contributed by atoms with Crippen molar-refractivity contribution in [2.45, 2.75) is 12.3 Å². The Morgan fingerprint density at radius 1 is 0.917 bits per heavy atom. The molecular formula is C18H24N2O3S. The van der Waals surface area contributed by atoms with E-state index in [1.54, 1.807) is 18.2 Å². The normalized spacial score (nSPS) is 12.0. The van der Waals surface area contributed by atoms with Gasteiger partial charge in [-0.2, -0.15) is 4.31 Å². The Morgan fingerprint density at radius 3 is 2.21 bits per heavy atom. The Bertz CT molecular complexity index is 746. The van der Waals surface area contributed by atoms with Crippen molar-refractivity contribution in [1.29, 1.82) is 0 Å². The van der Waals surface area contributed by atoms with Crippen LogP contribution in [-0.2, 0) is 22.3 Å². The summed E-state index contributed by atoms with van der Waals surface area (Å²) in [6.45, 7) is 1.28. The molecule has 0 aromatic heterocycles. The Labute approximate surface area is 144 Å². The van der Waals surface area contributed by atoms with E-state index >= 15 is 0 Å². The molecule has 0 heterocycles. The summed E-state index contributed by atoms with van der Waals surface area (Å²) < 4.78 is 27.2. The highest BCUT2D eigenvalue weighted by molar-refractivity contribution is 7.88. The van der Waals surface area contributed by atoms with Crippen LogP contribution in [0.25, 0.3) is 0 Å². The van der Waals surface area contributed by atoms with Crippen LogP contribution in [0.5, 0.6) is 5.75 Å². The van der Waals surface area contributed by atoms with Gasteiger partial charge < -0.3 is 10.0 Å². The standard InChI is InChI=1S/C18H24N2O3S/c1-19(2)11-12-20(14-17-9-6-10-18(21)13-17)24(22,23)15-16-7-4-3-5-8-16/h3-10,13,21H,11-12,14-15H2,1-2H3. The largest absolute Gasteiger partial charge is 0.508 e. The molecule has 0 fully saturated rings. The Kier molecular flexibility index (Phi) is 6.36. The third kappa shape index (κ3) is 5.63. The molecule has 0 radical (unpaired) electrons. The lowest BCUT2D eigenvalue weighted by Crippen LogP contribution is -2.37. The lowest BCUT2D eigenvalue weighted by Gasteiger charge is -2.24. The summed E-state index contributed by atoms with van der Waals surface area (Å²) in [5.74, 6) is 0.112. The van der Waals surface area contributed by atoms with E-state index in [0.717, 1.165) is 11.1 Å². The van der Waals surface area contributed by atoms with Crippen molar-refractivity contribution in [2.75, 3.05) is 27.2 Å². The van der Waals surface area contributed by atoms with Crippen LogP contribution >= 0.6 is 0 Å². The van der Waals surface area contributed by atoms with E-state index in [-0.39, 0.29) is 18.0 Å². The molecule has 0 atom stereocenters. The van der Waals surface area contributed by atoms with Gasteiger partial charge in [-0.05, 0) is 37.4 Å². The van der Waals surface area contributed by atoms with Gasteiger partial charge in [0.05, 0.1) is 5.75 Å². The Hall–Kier alpha value is -1.89. The summed E-state index contributed by atoms with van der Waals surface area (Å²) in [6.07, 6.45) is 0. The molecule has 0 saturated heterocycles. The van der Waals surface area contributed by atoms with Crippen molar-refractivity contribution in [1.82, 2.24) is 9.21 Å². The number of hydrogen-bond acceptors (Lipinski definition) is 4. The second-order valence-electron chi connectivity index (χ2n) is 6.05. The zero-order valence-corrected chi connectivity index (χ0v) is 14.9. The van der Waals surface area contributed by atoms with Crippen molar-refractivity contribution in [3.05, 3.63) is 65.7 Å². The summed E-state index contributed by atoms with van der Waals surface area (Å²) in [5, 5.41) is 9.61. The number of sulfonamides is 1. The molecule has 5 nitrogen and oxygen atoms in total. The Balaban J connectivity index is 2.20. The van der Waals surface area contributed by atoms with Crippen LogP contribution in [0, 0.1) is 0 Å². The predicted octanol–water partition coefficient (Wildman–Crippen LogP) is 2.29. The summed E-state index contributed by atoms with van der Waals surface area (Å²) in [5.41, 5.74) is 1.54. The van der Waals surface area contributed by atoms with Gasteiger partial charge in [0.25, 0.3) is 0 Å². The molecule has 0 aliphatic heterocycles. The molecular weight excluding hydrogens is 324 g/mol. The van der Waals surface area contributed by atoms with Crippen LogP contribution in [0.3, 0.4) is 0 Å². The first-order valence-electron chi connectivity index (χ1n) is 7.81. The van der Waals surface area contributed by atoms with Gasteiger partial charge >= 0.3 is 0 Å². The summed E-state index contributed by atoms with van der Waals surface area (Å²) in [7, 11) is 0.369. The SMILES string of the molecule is CN(C)CCN(Cc1cccc(O)c1)S(=O)(=O)Cc1ccccc1. The molecule has 0 unspecified atom stereocenters. The molecule has 0 aliphatic carbocycles.